The molecule has 0 saturated carbocycles. The molecule has 1 N–H and O–H groups in total. The zero-order valence-electron chi connectivity index (χ0n) is 10.7. The van der Waals surface area contributed by atoms with E-state index in [-0.39, 0.29) is 11.0 Å². The van der Waals surface area contributed by atoms with E-state index in [1.54, 1.807) is 11.3 Å². The van der Waals surface area contributed by atoms with Crippen LogP contribution >= 0.6 is 11.3 Å². The van der Waals surface area contributed by atoms with Crippen LogP contribution in [0.2, 0.25) is 0 Å². The molecule has 0 aliphatic carbocycles. The van der Waals surface area contributed by atoms with Gasteiger partial charge in [-0.05, 0) is 20.8 Å². The van der Waals surface area contributed by atoms with Crippen molar-refractivity contribution in [1.29, 1.82) is 0 Å². The number of thiazole rings is 1. The molecule has 0 aromatic carbocycles. The quantitative estimate of drug-likeness (QED) is 0.796. The Labute approximate surface area is 103 Å². The van der Waals surface area contributed by atoms with Crippen molar-refractivity contribution in [1.82, 2.24) is 10.3 Å². The molecule has 0 bridgehead atoms. The van der Waals surface area contributed by atoms with Gasteiger partial charge in [0.05, 0.1) is 5.01 Å². The van der Waals surface area contributed by atoms with Gasteiger partial charge in [-0.1, -0.05) is 13.0 Å². The van der Waals surface area contributed by atoms with Gasteiger partial charge in [0.15, 0.2) is 0 Å². The van der Waals surface area contributed by atoms with Gasteiger partial charge in [0.25, 0.3) is 0 Å². The zero-order chi connectivity index (χ0) is 12.2. The van der Waals surface area contributed by atoms with Gasteiger partial charge in [0.2, 0.25) is 0 Å². The first-order valence-electron chi connectivity index (χ1n) is 5.62. The molecule has 1 rings (SSSR count). The van der Waals surface area contributed by atoms with E-state index in [9.17, 15) is 0 Å². The van der Waals surface area contributed by atoms with E-state index in [4.69, 9.17) is 0 Å². The SMILES string of the molecule is C=CC(C)(CNC(C)(C)C)Cc1nccs1. The Morgan fingerprint density at radius 1 is 1.44 bits per heavy atom. The Hall–Kier alpha value is -0.670. The molecule has 0 aliphatic rings. The molecular weight excluding hydrogens is 216 g/mol. The molecule has 90 valence electrons. The van der Waals surface area contributed by atoms with Crippen LogP contribution in [0, 0.1) is 5.41 Å². The fraction of sp³-hybridized carbons (Fsp3) is 0.615. The monoisotopic (exact) mass is 238 g/mol. The maximum Gasteiger partial charge on any atom is 0.0933 e. The van der Waals surface area contributed by atoms with Crippen molar-refractivity contribution < 1.29 is 0 Å². The number of hydrogen-bond donors (Lipinski definition) is 1. The van der Waals surface area contributed by atoms with Crippen LogP contribution in [0.25, 0.3) is 0 Å². The van der Waals surface area contributed by atoms with E-state index in [0.717, 1.165) is 13.0 Å². The van der Waals surface area contributed by atoms with Crippen LogP contribution in [0.1, 0.15) is 32.7 Å². The lowest BCUT2D eigenvalue weighted by atomic mass is 9.86. The summed E-state index contributed by atoms with van der Waals surface area (Å²) in [7, 11) is 0. The fourth-order valence-corrected chi connectivity index (χ4v) is 2.17. The van der Waals surface area contributed by atoms with E-state index in [2.05, 4.69) is 44.6 Å². The summed E-state index contributed by atoms with van der Waals surface area (Å²) in [6.45, 7) is 13.6. The molecule has 16 heavy (non-hydrogen) atoms. The molecule has 0 aliphatic heterocycles. The van der Waals surface area contributed by atoms with E-state index in [1.807, 2.05) is 17.7 Å². The van der Waals surface area contributed by atoms with E-state index < -0.39 is 0 Å². The van der Waals surface area contributed by atoms with Crippen LogP contribution < -0.4 is 5.32 Å². The second kappa shape index (κ2) is 5.11. The average Bonchev–Trinajstić information content (AvgIpc) is 2.66. The average molecular weight is 238 g/mol. The van der Waals surface area contributed by atoms with Crippen LogP contribution in [0.15, 0.2) is 24.2 Å². The standard InChI is InChI=1S/C13H22N2S/c1-6-13(5,10-15-12(2,3)4)9-11-14-7-8-16-11/h6-8,15H,1,9-10H2,2-5H3. The van der Waals surface area contributed by atoms with Crippen molar-refractivity contribution in [2.24, 2.45) is 5.41 Å². The lowest BCUT2D eigenvalue weighted by Gasteiger charge is -2.30. The predicted molar refractivity (Wildman–Crippen MR) is 71.9 cm³/mol. The van der Waals surface area contributed by atoms with Crippen molar-refractivity contribution in [3.05, 3.63) is 29.2 Å². The molecule has 0 fully saturated rings. The number of aromatic nitrogens is 1. The number of hydrogen-bond acceptors (Lipinski definition) is 3. The first kappa shape index (κ1) is 13.4. The lowest BCUT2D eigenvalue weighted by molar-refractivity contribution is 0.322. The molecule has 1 atom stereocenters. The Bertz CT molecular complexity index is 324. The largest absolute Gasteiger partial charge is 0.311 e. The highest BCUT2D eigenvalue weighted by Gasteiger charge is 2.24. The maximum absolute atomic E-state index is 4.34. The summed E-state index contributed by atoms with van der Waals surface area (Å²) in [5.74, 6) is 0. The third kappa shape index (κ3) is 4.45. The van der Waals surface area contributed by atoms with Crippen molar-refractivity contribution >= 4 is 11.3 Å². The van der Waals surface area contributed by atoms with Crippen LogP contribution in [-0.2, 0) is 6.42 Å². The first-order valence-corrected chi connectivity index (χ1v) is 6.50. The van der Waals surface area contributed by atoms with E-state index in [1.165, 1.54) is 5.01 Å². The summed E-state index contributed by atoms with van der Waals surface area (Å²) >= 11 is 1.71. The second-order valence-corrected chi connectivity index (χ2v) is 6.54. The summed E-state index contributed by atoms with van der Waals surface area (Å²) in [6.07, 6.45) is 4.85. The molecule has 0 radical (unpaired) electrons. The molecule has 1 aromatic heterocycles. The molecule has 1 heterocycles. The lowest BCUT2D eigenvalue weighted by Crippen LogP contribution is -2.43. The molecule has 0 saturated heterocycles. The number of nitrogens with one attached hydrogen (secondary N) is 1. The molecule has 2 nitrogen and oxygen atoms in total. The molecule has 0 amide bonds. The highest BCUT2D eigenvalue weighted by molar-refractivity contribution is 7.09. The van der Waals surface area contributed by atoms with Crippen LogP contribution in [0.3, 0.4) is 0 Å². The van der Waals surface area contributed by atoms with Crippen molar-refractivity contribution in [2.75, 3.05) is 6.54 Å². The zero-order valence-corrected chi connectivity index (χ0v) is 11.5. The van der Waals surface area contributed by atoms with Crippen LogP contribution in [0.4, 0.5) is 0 Å². The molecule has 1 aromatic rings. The van der Waals surface area contributed by atoms with Crippen LogP contribution in [0.5, 0.6) is 0 Å². The normalized spacial score (nSPS) is 15.8. The summed E-state index contributed by atoms with van der Waals surface area (Å²) in [5, 5.41) is 6.73. The van der Waals surface area contributed by atoms with Crippen LogP contribution in [-0.4, -0.2) is 17.1 Å². The van der Waals surface area contributed by atoms with Gasteiger partial charge in [-0.3, -0.25) is 0 Å². The molecule has 1 unspecified atom stereocenters. The fourth-order valence-electron chi connectivity index (χ4n) is 1.36. The van der Waals surface area contributed by atoms with E-state index >= 15 is 0 Å². The molecule has 3 heteroatoms. The van der Waals surface area contributed by atoms with E-state index in [0.29, 0.717) is 0 Å². The summed E-state index contributed by atoms with van der Waals surface area (Å²) in [6, 6.07) is 0. The predicted octanol–water partition coefficient (Wildman–Crippen LogP) is 3.27. The maximum atomic E-state index is 4.34. The Morgan fingerprint density at radius 3 is 2.56 bits per heavy atom. The third-order valence-corrected chi connectivity index (χ3v) is 3.33. The van der Waals surface area contributed by atoms with Gasteiger partial charge in [-0.15, -0.1) is 17.9 Å². The third-order valence-electron chi connectivity index (χ3n) is 2.55. The topological polar surface area (TPSA) is 24.9 Å². The summed E-state index contributed by atoms with van der Waals surface area (Å²) in [5.41, 5.74) is 0.221. The summed E-state index contributed by atoms with van der Waals surface area (Å²) < 4.78 is 0. The van der Waals surface area contributed by atoms with Crippen molar-refractivity contribution in [3.63, 3.8) is 0 Å². The van der Waals surface area contributed by atoms with Gasteiger partial charge in [0, 0.05) is 35.5 Å². The minimum Gasteiger partial charge on any atom is -0.311 e. The minimum atomic E-state index is 0.0745. The molecule has 0 spiro atoms. The Morgan fingerprint density at radius 2 is 2.12 bits per heavy atom. The van der Waals surface area contributed by atoms with Gasteiger partial charge in [0.1, 0.15) is 0 Å². The van der Waals surface area contributed by atoms with Crippen molar-refractivity contribution in [3.8, 4) is 0 Å². The van der Waals surface area contributed by atoms with Crippen molar-refractivity contribution in [2.45, 2.75) is 39.7 Å². The first-order chi connectivity index (χ1) is 7.35. The number of nitrogens with zero attached hydrogens (tertiary/aromatic N) is 1. The van der Waals surface area contributed by atoms with Gasteiger partial charge in [-0.2, -0.15) is 0 Å². The highest BCUT2D eigenvalue weighted by atomic mass is 32.1. The Kier molecular flexibility index (Phi) is 4.28. The molecular formula is C13H22N2S. The van der Waals surface area contributed by atoms with Gasteiger partial charge >= 0.3 is 0 Å². The highest BCUT2D eigenvalue weighted by Crippen LogP contribution is 2.24. The van der Waals surface area contributed by atoms with Gasteiger partial charge in [-0.25, -0.2) is 4.98 Å². The smallest absolute Gasteiger partial charge is 0.0933 e. The minimum absolute atomic E-state index is 0.0745. The Balaban J connectivity index is 2.60. The summed E-state index contributed by atoms with van der Waals surface area (Å²) in [4.78, 5) is 4.34. The second-order valence-electron chi connectivity index (χ2n) is 5.56. The number of rotatable bonds is 5. The van der Waals surface area contributed by atoms with Gasteiger partial charge < -0.3 is 5.32 Å².